The molecule has 2 heterocycles. The molecule has 0 N–H and O–H groups in total. The summed E-state index contributed by atoms with van der Waals surface area (Å²) >= 11 is 1.22. The molecular formula is C22H20Se2. The van der Waals surface area contributed by atoms with Gasteiger partial charge >= 0.3 is 157 Å². The molecule has 120 valence electrons. The van der Waals surface area contributed by atoms with E-state index >= 15 is 0 Å². The molecule has 0 atom stereocenters. The molecule has 0 aromatic heterocycles. The summed E-state index contributed by atoms with van der Waals surface area (Å²) in [7, 11) is 0. The fourth-order valence-electron chi connectivity index (χ4n) is 3.11. The summed E-state index contributed by atoms with van der Waals surface area (Å²) in [5, 5.41) is 4.89. The van der Waals surface area contributed by atoms with Crippen LogP contribution in [0.2, 0.25) is 0 Å². The third-order valence-corrected chi connectivity index (χ3v) is 8.82. The van der Waals surface area contributed by atoms with Crippen LogP contribution in [0.1, 0.15) is 22.3 Å². The van der Waals surface area contributed by atoms with Crippen molar-refractivity contribution in [1.29, 1.82) is 0 Å². The second-order valence-electron chi connectivity index (χ2n) is 6.12. The van der Waals surface area contributed by atoms with Gasteiger partial charge in [-0.25, -0.2) is 0 Å². The standard InChI is InChI=1S/C22H20Se2/c1-3-7-21-19(5-1)15-23-13-17-9-11-18(12-10-17)14-24-16-20-6-2-4-8-22(20)21/h1-12H,13-16H2. The Kier molecular flexibility index (Phi) is 5.21. The van der Waals surface area contributed by atoms with Crippen molar-refractivity contribution in [3.05, 3.63) is 95.1 Å². The topological polar surface area (TPSA) is 0 Å². The fraction of sp³-hybridized carbons (Fsp3) is 0.182. The van der Waals surface area contributed by atoms with Crippen LogP contribution in [0.4, 0.5) is 0 Å². The van der Waals surface area contributed by atoms with Gasteiger partial charge in [-0.05, 0) is 0 Å². The SMILES string of the molecule is c1ccc2c(c1)C[Se]Cc1ccc(cc1)C[Se]Cc1ccccc1-2. The summed E-state index contributed by atoms with van der Waals surface area (Å²) in [5.74, 6) is 0. The fourth-order valence-corrected chi connectivity index (χ4v) is 7.31. The van der Waals surface area contributed by atoms with Crippen molar-refractivity contribution < 1.29 is 0 Å². The van der Waals surface area contributed by atoms with Crippen LogP contribution < -0.4 is 0 Å². The predicted molar refractivity (Wildman–Crippen MR) is 105 cm³/mol. The normalized spacial score (nSPS) is 14.5. The van der Waals surface area contributed by atoms with Crippen molar-refractivity contribution in [1.82, 2.24) is 0 Å². The molecule has 2 aliphatic rings. The van der Waals surface area contributed by atoms with Crippen LogP contribution in [-0.2, 0) is 21.3 Å². The van der Waals surface area contributed by atoms with Gasteiger partial charge in [-0.3, -0.25) is 0 Å². The second-order valence-corrected chi connectivity index (χ2v) is 10.3. The van der Waals surface area contributed by atoms with Crippen LogP contribution >= 0.6 is 0 Å². The molecule has 0 radical (unpaired) electrons. The van der Waals surface area contributed by atoms with Gasteiger partial charge in [-0.1, -0.05) is 0 Å². The van der Waals surface area contributed by atoms with Crippen molar-refractivity contribution in [2.24, 2.45) is 0 Å². The molecule has 0 unspecified atom stereocenters. The van der Waals surface area contributed by atoms with Gasteiger partial charge in [-0.2, -0.15) is 0 Å². The number of benzene rings is 3. The van der Waals surface area contributed by atoms with Gasteiger partial charge in [0.25, 0.3) is 0 Å². The molecule has 5 rings (SSSR count). The third kappa shape index (κ3) is 3.68. The number of fused-ring (bicyclic) bond motifs is 6. The molecule has 0 aliphatic carbocycles. The van der Waals surface area contributed by atoms with E-state index in [-0.39, 0.29) is 0 Å². The first kappa shape index (κ1) is 16.2. The number of rotatable bonds is 0. The molecule has 0 amide bonds. The molecule has 24 heavy (non-hydrogen) atoms. The first-order chi connectivity index (χ1) is 11.9. The monoisotopic (exact) mass is 444 g/mol. The predicted octanol–water partition coefficient (Wildman–Crippen LogP) is 4.48. The Morgan fingerprint density at radius 3 is 1.33 bits per heavy atom. The van der Waals surface area contributed by atoms with Crippen LogP contribution in [0.3, 0.4) is 0 Å². The van der Waals surface area contributed by atoms with Gasteiger partial charge in [0, 0.05) is 0 Å². The molecule has 3 aromatic rings. The van der Waals surface area contributed by atoms with Gasteiger partial charge in [-0.15, -0.1) is 0 Å². The molecule has 0 fully saturated rings. The molecule has 0 spiro atoms. The van der Waals surface area contributed by atoms with E-state index in [4.69, 9.17) is 0 Å². The Bertz CT molecular complexity index is 751. The van der Waals surface area contributed by atoms with E-state index in [1.54, 1.807) is 0 Å². The Morgan fingerprint density at radius 2 is 0.875 bits per heavy atom. The van der Waals surface area contributed by atoms with Crippen molar-refractivity contribution in [3.8, 4) is 11.1 Å². The van der Waals surface area contributed by atoms with Crippen molar-refractivity contribution in [2.75, 3.05) is 0 Å². The summed E-state index contributed by atoms with van der Waals surface area (Å²) in [4.78, 5) is 0. The minimum atomic E-state index is 0.612. The molecule has 0 nitrogen and oxygen atoms in total. The Hall–Kier alpha value is -1.30. The van der Waals surface area contributed by atoms with E-state index in [1.807, 2.05) is 0 Å². The molecule has 0 saturated carbocycles. The van der Waals surface area contributed by atoms with Crippen LogP contribution in [0.5, 0.6) is 0 Å². The zero-order valence-electron chi connectivity index (χ0n) is 13.6. The molecule has 2 bridgehead atoms. The third-order valence-electron chi connectivity index (χ3n) is 4.40. The average Bonchev–Trinajstić information content (AvgIpc) is 2.64. The summed E-state index contributed by atoms with van der Waals surface area (Å²) in [6.45, 7) is 0. The number of hydrogen-bond acceptors (Lipinski definition) is 0. The van der Waals surface area contributed by atoms with E-state index in [1.165, 1.54) is 54.7 Å². The average molecular weight is 442 g/mol. The summed E-state index contributed by atoms with van der Waals surface area (Å²) in [6, 6.07) is 27.4. The first-order valence-corrected chi connectivity index (χ1v) is 13.1. The van der Waals surface area contributed by atoms with Crippen LogP contribution in [0, 0.1) is 0 Å². The van der Waals surface area contributed by atoms with Gasteiger partial charge in [0.1, 0.15) is 0 Å². The van der Waals surface area contributed by atoms with Crippen LogP contribution in [0.25, 0.3) is 11.1 Å². The molecule has 0 saturated heterocycles. The quantitative estimate of drug-likeness (QED) is 0.451. The van der Waals surface area contributed by atoms with E-state index < -0.39 is 0 Å². The van der Waals surface area contributed by atoms with Gasteiger partial charge in [0.2, 0.25) is 0 Å². The van der Waals surface area contributed by atoms with Crippen LogP contribution in [0.15, 0.2) is 72.8 Å². The maximum atomic E-state index is 2.35. The Balaban J connectivity index is 1.74. The zero-order valence-corrected chi connectivity index (χ0v) is 17.0. The van der Waals surface area contributed by atoms with Gasteiger partial charge < -0.3 is 0 Å². The van der Waals surface area contributed by atoms with Crippen LogP contribution in [-0.4, -0.2) is 29.9 Å². The van der Waals surface area contributed by atoms with E-state index in [9.17, 15) is 0 Å². The Morgan fingerprint density at radius 1 is 0.458 bits per heavy atom. The van der Waals surface area contributed by atoms with E-state index in [0.29, 0.717) is 29.9 Å². The number of hydrogen-bond donors (Lipinski definition) is 0. The second kappa shape index (κ2) is 7.72. The maximum absolute atomic E-state index is 2.35. The molecule has 3 aromatic carbocycles. The molecular weight excluding hydrogens is 422 g/mol. The Labute approximate surface area is 157 Å². The van der Waals surface area contributed by atoms with Gasteiger partial charge in [0.05, 0.1) is 0 Å². The van der Waals surface area contributed by atoms with Crippen molar-refractivity contribution >= 4 is 29.9 Å². The first-order valence-electron chi connectivity index (χ1n) is 8.29. The molecule has 2 heteroatoms. The van der Waals surface area contributed by atoms with Crippen molar-refractivity contribution in [2.45, 2.75) is 21.3 Å². The van der Waals surface area contributed by atoms with E-state index in [2.05, 4.69) is 72.8 Å². The summed E-state index contributed by atoms with van der Waals surface area (Å²) < 4.78 is 0. The van der Waals surface area contributed by atoms with Gasteiger partial charge in [0.15, 0.2) is 0 Å². The molecule has 2 aliphatic heterocycles. The van der Waals surface area contributed by atoms with E-state index in [0.717, 1.165) is 0 Å². The zero-order chi connectivity index (χ0) is 16.2. The minimum absolute atomic E-state index is 0.612. The summed E-state index contributed by atoms with van der Waals surface area (Å²) in [6.07, 6.45) is 0. The van der Waals surface area contributed by atoms with Crippen molar-refractivity contribution in [3.63, 3.8) is 0 Å². The summed E-state index contributed by atoms with van der Waals surface area (Å²) in [5.41, 5.74) is 8.95.